The zero-order valence-electron chi connectivity index (χ0n) is 28.1. The van der Waals surface area contributed by atoms with E-state index in [4.69, 9.17) is 9.47 Å². The summed E-state index contributed by atoms with van der Waals surface area (Å²) in [5, 5.41) is 6.76. The number of amides is 2. The summed E-state index contributed by atoms with van der Waals surface area (Å²) >= 11 is 0. The molecule has 0 saturated heterocycles. The van der Waals surface area contributed by atoms with Crippen molar-refractivity contribution in [3.63, 3.8) is 0 Å². The van der Waals surface area contributed by atoms with Crippen molar-refractivity contribution in [3.05, 3.63) is 118 Å². The fourth-order valence-electron chi connectivity index (χ4n) is 5.83. The van der Waals surface area contributed by atoms with Crippen LogP contribution in [-0.4, -0.2) is 34.8 Å². The molecule has 0 saturated carbocycles. The molecule has 0 spiro atoms. The zero-order valence-corrected chi connectivity index (χ0v) is 28.1. The number of fused-ring (bicyclic) bond motifs is 1. The molecule has 0 atom stereocenters. The van der Waals surface area contributed by atoms with E-state index in [9.17, 15) is 14.4 Å². The van der Waals surface area contributed by atoms with E-state index >= 15 is 0 Å². The van der Waals surface area contributed by atoms with E-state index in [0.29, 0.717) is 40.9 Å². The highest BCUT2D eigenvalue weighted by atomic mass is 16.6. The summed E-state index contributed by atoms with van der Waals surface area (Å²) in [5.74, 6) is 0.470. The van der Waals surface area contributed by atoms with E-state index in [0.717, 1.165) is 22.4 Å². The van der Waals surface area contributed by atoms with Gasteiger partial charge in [0.15, 0.2) is 0 Å². The number of carbonyl (C=O) groups excluding carboxylic acids is 2. The fourth-order valence-corrected chi connectivity index (χ4v) is 5.83. The van der Waals surface area contributed by atoms with Crippen LogP contribution in [0.25, 0.3) is 22.2 Å². The van der Waals surface area contributed by atoms with Crippen molar-refractivity contribution >= 4 is 34.4 Å². The molecule has 3 aromatic carbocycles. The molecule has 0 unspecified atom stereocenters. The number of aromatic nitrogens is 2. The highest BCUT2D eigenvalue weighted by Crippen LogP contribution is 2.36. The standard InChI is InChI=1S/C39H42N4O5/c1-25(2)31-16-10-17-32(26(3)4)35(31)41-39(46)42-36-34(29-14-9-15-30(24-29)48-23-22-47-27(5)44)33-18-11-20-40-37(33)43(38(36)45)21-19-28-12-7-6-8-13-28/h6-18,20,24-26H,19,21-23H2,1-5H3,(H2,41,42,46). The maximum absolute atomic E-state index is 14.5. The van der Waals surface area contributed by atoms with E-state index < -0.39 is 6.03 Å². The SMILES string of the molecule is CC(=O)OCCOc1cccc(-c2c(NC(=O)Nc3c(C(C)C)cccc3C(C)C)c(=O)n(CCc3ccccc3)c3ncccc23)c1. The van der Waals surface area contributed by atoms with Crippen LogP contribution in [0.3, 0.4) is 0 Å². The maximum atomic E-state index is 14.5. The molecule has 2 amide bonds. The van der Waals surface area contributed by atoms with Crippen LogP contribution in [0.5, 0.6) is 5.75 Å². The Morgan fingerprint density at radius 1 is 0.812 bits per heavy atom. The van der Waals surface area contributed by atoms with Crippen LogP contribution < -0.4 is 20.9 Å². The third-order valence-electron chi connectivity index (χ3n) is 8.12. The molecular formula is C39H42N4O5. The first-order valence-electron chi connectivity index (χ1n) is 16.3. The molecule has 48 heavy (non-hydrogen) atoms. The quantitative estimate of drug-likeness (QED) is 0.105. The smallest absolute Gasteiger partial charge is 0.323 e. The van der Waals surface area contributed by atoms with Crippen molar-refractivity contribution in [1.29, 1.82) is 0 Å². The van der Waals surface area contributed by atoms with Crippen LogP contribution in [-0.2, 0) is 22.5 Å². The van der Waals surface area contributed by atoms with Crippen LogP contribution in [0.15, 0.2) is 95.9 Å². The maximum Gasteiger partial charge on any atom is 0.323 e. The molecule has 5 aromatic rings. The topological polar surface area (TPSA) is 112 Å². The number of nitrogens with one attached hydrogen (secondary N) is 2. The number of aryl methyl sites for hydroxylation is 2. The summed E-state index contributed by atoms with van der Waals surface area (Å²) in [4.78, 5) is 44.3. The summed E-state index contributed by atoms with van der Waals surface area (Å²) in [6, 6.07) is 26.4. The monoisotopic (exact) mass is 646 g/mol. The lowest BCUT2D eigenvalue weighted by Gasteiger charge is -2.22. The van der Waals surface area contributed by atoms with Crippen LogP contribution in [0.1, 0.15) is 63.1 Å². The van der Waals surface area contributed by atoms with Gasteiger partial charge in [-0.3, -0.25) is 14.2 Å². The number of urea groups is 1. The predicted molar refractivity (Wildman–Crippen MR) is 191 cm³/mol. The van der Waals surface area contributed by atoms with Gasteiger partial charge >= 0.3 is 12.0 Å². The molecular weight excluding hydrogens is 604 g/mol. The van der Waals surface area contributed by atoms with Gasteiger partial charge in [0.05, 0.1) is 0 Å². The molecule has 9 heteroatoms. The molecule has 2 aromatic heterocycles. The van der Waals surface area contributed by atoms with Crippen molar-refractivity contribution in [2.45, 2.75) is 59.4 Å². The number of hydrogen-bond donors (Lipinski definition) is 2. The fraction of sp³-hybridized carbons (Fsp3) is 0.282. The van der Waals surface area contributed by atoms with Gasteiger partial charge in [-0.15, -0.1) is 0 Å². The van der Waals surface area contributed by atoms with Crippen molar-refractivity contribution < 1.29 is 19.1 Å². The van der Waals surface area contributed by atoms with Gasteiger partial charge in [-0.25, -0.2) is 9.78 Å². The van der Waals surface area contributed by atoms with Crippen LogP contribution in [0.2, 0.25) is 0 Å². The number of esters is 1. The minimum absolute atomic E-state index is 0.104. The number of ether oxygens (including phenoxy) is 2. The lowest BCUT2D eigenvalue weighted by Crippen LogP contribution is -2.30. The van der Waals surface area contributed by atoms with Gasteiger partial charge in [0.2, 0.25) is 0 Å². The number of hydrogen-bond acceptors (Lipinski definition) is 6. The average Bonchev–Trinajstić information content (AvgIpc) is 3.07. The lowest BCUT2D eigenvalue weighted by atomic mass is 9.93. The van der Waals surface area contributed by atoms with Crippen LogP contribution >= 0.6 is 0 Å². The van der Waals surface area contributed by atoms with Crippen molar-refractivity contribution in [2.24, 2.45) is 0 Å². The lowest BCUT2D eigenvalue weighted by molar-refractivity contribution is -0.141. The van der Waals surface area contributed by atoms with E-state index in [2.05, 4.69) is 43.3 Å². The van der Waals surface area contributed by atoms with Gasteiger partial charge in [-0.2, -0.15) is 0 Å². The van der Waals surface area contributed by atoms with E-state index in [-0.39, 0.29) is 42.3 Å². The Labute approximate surface area is 280 Å². The van der Waals surface area contributed by atoms with Gasteiger partial charge in [0.1, 0.15) is 30.3 Å². The number of nitrogens with zero attached hydrogens (tertiary/aromatic N) is 2. The number of carbonyl (C=O) groups is 2. The van der Waals surface area contributed by atoms with Gasteiger partial charge in [-0.05, 0) is 64.8 Å². The number of anilines is 2. The second-order valence-electron chi connectivity index (χ2n) is 12.2. The highest BCUT2D eigenvalue weighted by molar-refractivity contribution is 6.07. The molecule has 0 aliphatic rings. The first kappa shape index (κ1) is 33.9. The summed E-state index contributed by atoms with van der Waals surface area (Å²) in [6.45, 7) is 10.3. The summed E-state index contributed by atoms with van der Waals surface area (Å²) in [6.07, 6.45) is 2.26. The van der Waals surface area contributed by atoms with Gasteiger partial charge in [0, 0.05) is 36.3 Å². The molecule has 0 radical (unpaired) electrons. The van der Waals surface area contributed by atoms with Crippen LogP contribution in [0, 0.1) is 0 Å². The molecule has 248 valence electrons. The first-order valence-corrected chi connectivity index (χ1v) is 16.3. The second kappa shape index (κ2) is 15.4. The molecule has 9 nitrogen and oxygen atoms in total. The Kier molecular flexibility index (Phi) is 10.9. The molecule has 0 bridgehead atoms. The Bertz CT molecular complexity index is 1940. The Morgan fingerprint density at radius 2 is 1.50 bits per heavy atom. The number of para-hydroxylation sites is 1. The minimum atomic E-state index is -0.519. The largest absolute Gasteiger partial charge is 0.490 e. The second-order valence-corrected chi connectivity index (χ2v) is 12.2. The molecule has 0 aliphatic carbocycles. The highest BCUT2D eigenvalue weighted by Gasteiger charge is 2.23. The van der Waals surface area contributed by atoms with E-state index in [1.807, 2.05) is 72.8 Å². The van der Waals surface area contributed by atoms with Gasteiger partial charge < -0.3 is 20.1 Å². The summed E-state index contributed by atoms with van der Waals surface area (Å²) in [7, 11) is 0. The third kappa shape index (κ3) is 7.91. The van der Waals surface area contributed by atoms with Gasteiger partial charge in [-0.1, -0.05) is 88.4 Å². The summed E-state index contributed by atoms with van der Waals surface area (Å²) < 4.78 is 12.5. The Balaban J connectivity index is 1.61. The van der Waals surface area contributed by atoms with Crippen molar-refractivity contribution in [2.75, 3.05) is 23.8 Å². The van der Waals surface area contributed by atoms with Crippen LogP contribution in [0.4, 0.5) is 16.2 Å². The number of rotatable bonds is 12. The van der Waals surface area contributed by atoms with E-state index in [1.54, 1.807) is 22.9 Å². The van der Waals surface area contributed by atoms with Crippen molar-refractivity contribution in [3.8, 4) is 16.9 Å². The van der Waals surface area contributed by atoms with Crippen molar-refractivity contribution in [1.82, 2.24) is 9.55 Å². The molecule has 5 rings (SSSR count). The first-order chi connectivity index (χ1) is 23.1. The number of benzene rings is 3. The minimum Gasteiger partial charge on any atom is -0.490 e. The number of pyridine rings is 2. The normalized spacial score (nSPS) is 11.1. The molecule has 2 heterocycles. The predicted octanol–water partition coefficient (Wildman–Crippen LogP) is 8.14. The van der Waals surface area contributed by atoms with Gasteiger partial charge in [0.25, 0.3) is 5.56 Å². The average molecular weight is 647 g/mol. The molecule has 2 N–H and O–H groups in total. The summed E-state index contributed by atoms with van der Waals surface area (Å²) in [5.41, 5.74) is 5.30. The third-order valence-corrected chi connectivity index (χ3v) is 8.12. The van der Waals surface area contributed by atoms with E-state index in [1.165, 1.54) is 6.92 Å². The zero-order chi connectivity index (χ0) is 34.2. The Morgan fingerprint density at radius 3 is 2.19 bits per heavy atom. The molecule has 0 aliphatic heterocycles. The molecule has 0 fully saturated rings. The Hall–Kier alpha value is -5.44.